The van der Waals surface area contributed by atoms with Gasteiger partial charge in [0.1, 0.15) is 11.9 Å². The molecule has 25 heavy (non-hydrogen) atoms. The zero-order valence-corrected chi connectivity index (χ0v) is 14.0. The predicted molar refractivity (Wildman–Crippen MR) is 88.3 cm³/mol. The van der Waals surface area contributed by atoms with Gasteiger partial charge >= 0.3 is 0 Å². The highest BCUT2D eigenvalue weighted by atomic mass is 19.1. The van der Waals surface area contributed by atoms with Crippen molar-refractivity contribution in [2.24, 2.45) is 0 Å². The van der Waals surface area contributed by atoms with Gasteiger partial charge in [0.2, 0.25) is 11.8 Å². The average Bonchev–Trinajstić information content (AvgIpc) is 2.92. The van der Waals surface area contributed by atoms with E-state index in [1.54, 1.807) is 6.07 Å². The normalized spacial score (nSPS) is 24.4. The third-order valence-corrected chi connectivity index (χ3v) is 5.70. The summed E-state index contributed by atoms with van der Waals surface area (Å²) in [5.74, 6) is -1.15. The number of hydrogen-bond acceptors (Lipinski definition) is 3. The first-order chi connectivity index (χ1) is 12.0. The van der Waals surface area contributed by atoms with Crippen LogP contribution in [-0.4, -0.2) is 28.7 Å². The summed E-state index contributed by atoms with van der Waals surface area (Å²) in [6.45, 7) is 0.326. The molecule has 0 bridgehead atoms. The molecule has 1 aromatic rings. The van der Waals surface area contributed by atoms with Gasteiger partial charge in [-0.25, -0.2) is 4.39 Å². The minimum Gasteiger partial charge on any atom is -0.322 e. The number of piperidine rings is 1. The summed E-state index contributed by atoms with van der Waals surface area (Å²) in [7, 11) is 0. The van der Waals surface area contributed by atoms with Crippen molar-refractivity contribution in [1.82, 2.24) is 10.2 Å². The van der Waals surface area contributed by atoms with Crippen LogP contribution < -0.4 is 5.32 Å². The Morgan fingerprint density at radius 3 is 2.52 bits per heavy atom. The van der Waals surface area contributed by atoms with Crippen LogP contribution >= 0.6 is 0 Å². The topological polar surface area (TPSA) is 66.5 Å². The van der Waals surface area contributed by atoms with Crippen LogP contribution in [0.4, 0.5) is 4.39 Å². The molecule has 0 spiro atoms. The molecule has 132 valence electrons. The van der Waals surface area contributed by atoms with Gasteiger partial charge in [-0.1, -0.05) is 19.3 Å². The Kier molecular flexibility index (Phi) is 4.06. The number of fused-ring (bicyclic) bond motifs is 1. The van der Waals surface area contributed by atoms with E-state index in [1.165, 1.54) is 17.4 Å². The van der Waals surface area contributed by atoms with E-state index in [4.69, 9.17) is 0 Å². The summed E-state index contributed by atoms with van der Waals surface area (Å²) in [5.41, 5.74) is 2.17. The average molecular weight is 344 g/mol. The number of hydrogen-bond donors (Lipinski definition) is 1. The van der Waals surface area contributed by atoms with Crippen LogP contribution in [-0.2, 0) is 16.1 Å². The minimum atomic E-state index is -0.653. The summed E-state index contributed by atoms with van der Waals surface area (Å²) in [5, 5.41) is 2.30. The molecule has 0 aromatic heterocycles. The van der Waals surface area contributed by atoms with Crippen molar-refractivity contribution in [3.63, 3.8) is 0 Å². The monoisotopic (exact) mass is 344 g/mol. The van der Waals surface area contributed by atoms with E-state index in [0.29, 0.717) is 18.5 Å². The summed E-state index contributed by atoms with van der Waals surface area (Å²) < 4.78 is 14.2. The zero-order chi connectivity index (χ0) is 17.6. The van der Waals surface area contributed by atoms with Gasteiger partial charge < -0.3 is 4.90 Å². The first kappa shape index (κ1) is 16.2. The fourth-order valence-corrected chi connectivity index (χ4v) is 4.43. The van der Waals surface area contributed by atoms with Gasteiger partial charge in [-0.2, -0.15) is 0 Å². The smallest absolute Gasteiger partial charge is 0.255 e. The van der Waals surface area contributed by atoms with E-state index in [9.17, 15) is 18.8 Å². The number of benzene rings is 1. The lowest BCUT2D eigenvalue weighted by Crippen LogP contribution is -2.52. The third-order valence-electron chi connectivity index (χ3n) is 5.70. The van der Waals surface area contributed by atoms with Crippen molar-refractivity contribution >= 4 is 17.7 Å². The Labute approximate surface area is 145 Å². The number of amides is 3. The maximum absolute atomic E-state index is 14.2. The van der Waals surface area contributed by atoms with Gasteiger partial charge in [0, 0.05) is 18.5 Å². The van der Waals surface area contributed by atoms with Gasteiger partial charge in [0.05, 0.1) is 0 Å². The molecule has 3 aliphatic rings. The summed E-state index contributed by atoms with van der Waals surface area (Å²) in [6, 6.07) is 2.20. The Balaban J connectivity index is 1.66. The van der Waals surface area contributed by atoms with Crippen molar-refractivity contribution in [2.45, 2.75) is 63.5 Å². The largest absolute Gasteiger partial charge is 0.322 e. The van der Waals surface area contributed by atoms with E-state index >= 15 is 0 Å². The lowest BCUT2D eigenvalue weighted by Gasteiger charge is -2.29. The molecule has 1 aliphatic carbocycles. The molecule has 2 heterocycles. The van der Waals surface area contributed by atoms with Gasteiger partial charge in [-0.3, -0.25) is 19.7 Å². The summed E-state index contributed by atoms with van der Waals surface area (Å²) in [4.78, 5) is 37.8. The molecule has 6 heteroatoms. The minimum absolute atomic E-state index is 0.223. The second-order valence-corrected chi connectivity index (χ2v) is 7.26. The van der Waals surface area contributed by atoms with Crippen LogP contribution in [0.15, 0.2) is 12.1 Å². The highest BCUT2D eigenvalue weighted by Crippen LogP contribution is 2.39. The Morgan fingerprint density at radius 2 is 1.80 bits per heavy atom. The lowest BCUT2D eigenvalue weighted by atomic mass is 9.81. The van der Waals surface area contributed by atoms with Gasteiger partial charge in [-0.05, 0) is 48.4 Å². The second kappa shape index (κ2) is 6.24. The second-order valence-electron chi connectivity index (χ2n) is 7.26. The highest BCUT2D eigenvalue weighted by molar-refractivity contribution is 6.05. The van der Waals surface area contributed by atoms with Crippen LogP contribution in [0, 0.1) is 5.82 Å². The maximum atomic E-state index is 14.2. The molecule has 2 aliphatic heterocycles. The fourth-order valence-electron chi connectivity index (χ4n) is 4.43. The van der Waals surface area contributed by atoms with Gasteiger partial charge in [0.15, 0.2) is 0 Å². The number of rotatable bonds is 2. The number of nitrogens with one attached hydrogen (secondary N) is 1. The van der Waals surface area contributed by atoms with Crippen molar-refractivity contribution in [3.05, 3.63) is 34.6 Å². The van der Waals surface area contributed by atoms with E-state index in [2.05, 4.69) is 5.32 Å². The van der Waals surface area contributed by atoms with E-state index in [1.807, 2.05) is 0 Å². The number of imide groups is 1. The maximum Gasteiger partial charge on any atom is 0.255 e. The van der Waals surface area contributed by atoms with E-state index in [-0.39, 0.29) is 24.2 Å². The van der Waals surface area contributed by atoms with Crippen LogP contribution in [0.3, 0.4) is 0 Å². The molecule has 3 amide bonds. The zero-order valence-electron chi connectivity index (χ0n) is 14.0. The van der Waals surface area contributed by atoms with Gasteiger partial charge in [0.25, 0.3) is 5.91 Å². The van der Waals surface area contributed by atoms with Crippen LogP contribution in [0.5, 0.6) is 0 Å². The quantitative estimate of drug-likeness (QED) is 0.839. The van der Waals surface area contributed by atoms with Crippen LogP contribution in [0.1, 0.15) is 72.3 Å². The fraction of sp³-hybridized carbons (Fsp3) is 0.526. The van der Waals surface area contributed by atoms with E-state index < -0.39 is 17.8 Å². The number of halogens is 1. The third kappa shape index (κ3) is 2.83. The van der Waals surface area contributed by atoms with Crippen molar-refractivity contribution in [3.8, 4) is 0 Å². The molecule has 1 N–H and O–H groups in total. The first-order valence-electron chi connectivity index (χ1n) is 9.01. The predicted octanol–water partition coefficient (Wildman–Crippen LogP) is 2.63. The SMILES string of the molecule is O=C1CCC(N2Cc3c(cc(F)cc3C3CCCCC3)C2=O)C(=O)N1. The molecule has 5 nitrogen and oxygen atoms in total. The van der Waals surface area contributed by atoms with Crippen LogP contribution in [0.2, 0.25) is 0 Å². The molecular formula is C19H21FN2O3. The Hall–Kier alpha value is -2.24. The molecule has 1 unspecified atom stereocenters. The summed E-state index contributed by atoms with van der Waals surface area (Å²) >= 11 is 0. The summed E-state index contributed by atoms with van der Waals surface area (Å²) in [6.07, 6.45) is 6.04. The Morgan fingerprint density at radius 1 is 1.04 bits per heavy atom. The first-order valence-corrected chi connectivity index (χ1v) is 9.01. The molecule has 0 radical (unpaired) electrons. The molecular weight excluding hydrogens is 323 g/mol. The molecule has 2 fully saturated rings. The number of nitrogens with zero attached hydrogens (tertiary/aromatic N) is 1. The van der Waals surface area contributed by atoms with Gasteiger partial charge in [-0.15, -0.1) is 0 Å². The van der Waals surface area contributed by atoms with Crippen molar-refractivity contribution in [2.75, 3.05) is 0 Å². The molecule has 1 saturated carbocycles. The van der Waals surface area contributed by atoms with E-state index in [0.717, 1.165) is 36.8 Å². The van der Waals surface area contributed by atoms with Crippen molar-refractivity contribution < 1.29 is 18.8 Å². The highest BCUT2D eigenvalue weighted by Gasteiger charge is 2.40. The molecule has 4 rings (SSSR count). The number of carbonyl (C=O) groups excluding carboxylic acids is 3. The van der Waals surface area contributed by atoms with Crippen LogP contribution in [0.25, 0.3) is 0 Å². The van der Waals surface area contributed by atoms with Crippen molar-refractivity contribution in [1.29, 1.82) is 0 Å². The molecule has 1 saturated heterocycles. The lowest BCUT2D eigenvalue weighted by molar-refractivity contribution is -0.136. The number of carbonyl (C=O) groups is 3. The standard InChI is InChI=1S/C19H21FN2O3/c20-12-8-13(11-4-2-1-3-5-11)15-10-22(19(25)14(15)9-12)16-6-7-17(23)21-18(16)24/h8-9,11,16H,1-7,10H2,(H,21,23,24). The Bertz CT molecular complexity index is 755. The molecule has 1 aromatic carbocycles. The molecule has 1 atom stereocenters.